The number of hydrogen-bond donors (Lipinski definition) is 2. The zero-order valence-corrected chi connectivity index (χ0v) is 18.1. The number of nitrogens with one attached hydrogen (secondary N) is 1. The Morgan fingerprint density at radius 1 is 1.39 bits per heavy atom. The summed E-state index contributed by atoms with van der Waals surface area (Å²) in [4.78, 5) is 28.1. The van der Waals surface area contributed by atoms with E-state index in [1.165, 1.54) is 29.1 Å². The van der Waals surface area contributed by atoms with Crippen LogP contribution in [0, 0.1) is 18.3 Å². The number of carboxylic acid groups (broad SMARTS) is 1. The second-order valence-corrected chi connectivity index (χ2v) is 7.41. The first kappa shape index (κ1) is 22.1. The molecular weight excluding hydrogens is 493 g/mol. The number of carbonyl (C=O) groups excluding carboxylic acids is 1. The van der Waals surface area contributed by atoms with Gasteiger partial charge in [-0.2, -0.15) is 14.8 Å². The predicted octanol–water partition coefficient (Wildman–Crippen LogP) is 4.51. The van der Waals surface area contributed by atoms with E-state index >= 15 is 0 Å². The van der Waals surface area contributed by atoms with Gasteiger partial charge in [0.15, 0.2) is 5.82 Å². The lowest BCUT2D eigenvalue weighted by Crippen LogP contribution is -2.19. The first-order valence-electron chi connectivity index (χ1n) is 8.54. The summed E-state index contributed by atoms with van der Waals surface area (Å²) in [7, 11) is 0. The lowest BCUT2D eigenvalue weighted by molar-refractivity contribution is -0.134. The number of aromatic nitrogens is 3. The average Bonchev–Trinajstić information content (AvgIpc) is 3.11. The molecule has 156 valence electrons. The number of halogens is 3. The molecule has 31 heavy (non-hydrogen) atoms. The largest absolute Gasteiger partial charge is 0.476 e. The van der Waals surface area contributed by atoms with Crippen LogP contribution in [0.5, 0.6) is 0 Å². The molecule has 0 aliphatic heterocycles. The SMILES string of the molecule is Cc1cc(C#N)cc(/C=C(\F)C(=O)O)c1NC(=O)c1cc(Br)nn1-c1ncccc1Cl. The molecule has 2 aromatic heterocycles. The van der Waals surface area contributed by atoms with Crippen LogP contribution in [-0.2, 0) is 4.79 Å². The van der Waals surface area contributed by atoms with Gasteiger partial charge in [-0.15, -0.1) is 0 Å². The van der Waals surface area contributed by atoms with Gasteiger partial charge in [-0.05, 0) is 58.8 Å². The Hall–Kier alpha value is -3.55. The van der Waals surface area contributed by atoms with E-state index in [4.69, 9.17) is 22.0 Å². The maximum absolute atomic E-state index is 13.8. The normalized spacial score (nSPS) is 11.1. The molecule has 3 rings (SSSR count). The van der Waals surface area contributed by atoms with Gasteiger partial charge in [-0.3, -0.25) is 4.79 Å². The fourth-order valence-corrected chi connectivity index (χ4v) is 3.33. The van der Waals surface area contributed by atoms with Crippen LogP contribution in [0.2, 0.25) is 5.02 Å². The van der Waals surface area contributed by atoms with E-state index in [0.717, 1.165) is 6.08 Å². The molecule has 0 fully saturated rings. The van der Waals surface area contributed by atoms with Gasteiger partial charge < -0.3 is 10.4 Å². The Morgan fingerprint density at radius 3 is 2.77 bits per heavy atom. The molecule has 0 atom stereocenters. The average molecular weight is 505 g/mol. The third kappa shape index (κ3) is 4.79. The van der Waals surface area contributed by atoms with Crippen molar-refractivity contribution in [3.63, 3.8) is 0 Å². The van der Waals surface area contributed by atoms with Gasteiger partial charge in [-0.25, -0.2) is 14.5 Å². The van der Waals surface area contributed by atoms with Crippen molar-refractivity contribution in [1.82, 2.24) is 14.8 Å². The Morgan fingerprint density at radius 2 is 2.13 bits per heavy atom. The predicted molar refractivity (Wildman–Crippen MR) is 115 cm³/mol. The molecule has 0 unspecified atom stereocenters. The fraction of sp³-hybridized carbons (Fsp3) is 0.0500. The van der Waals surface area contributed by atoms with Gasteiger partial charge in [0.25, 0.3) is 5.91 Å². The number of anilines is 1. The van der Waals surface area contributed by atoms with Crippen molar-refractivity contribution in [2.24, 2.45) is 0 Å². The number of rotatable bonds is 5. The van der Waals surface area contributed by atoms with E-state index in [9.17, 15) is 14.0 Å². The molecule has 0 radical (unpaired) electrons. The molecule has 2 heterocycles. The first-order chi connectivity index (χ1) is 14.7. The van der Waals surface area contributed by atoms with Crippen molar-refractivity contribution < 1.29 is 19.1 Å². The van der Waals surface area contributed by atoms with E-state index in [2.05, 4.69) is 31.3 Å². The summed E-state index contributed by atoms with van der Waals surface area (Å²) in [6.07, 6.45) is 2.22. The molecular formula is C20H12BrClFN5O3. The Balaban J connectivity index is 2.08. The maximum atomic E-state index is 13.8. The Kier molecular flexibility index (Phi) is 6.48. The van der Waals surface area contributed by atoms with Crippen LogP contribution in [0.1, 0.15) is 27.2 Å². The number of nitriles is 1. The highest BCUT2D eigenvalue weighted by Crippen LogP contribution is 2.27. The molecule has 11 heteroatoms. The fourth-order valence-electron chi connectivity index (χ4n) is 2.75. The quantitative estimate of drug-likeness (QED) is 0.493. The number of aryl methyl sites for hydroxylation is 1. The van der Waals surface area contributed by atoms with Crippen LogP contribution in [0.4, 0.5) is 10.1 Å². The smallest absolute Gasteiger partial charge is 0.364 e. The van der Waals surface area contributed by atoms with Crippen molar-refractivity contribution in [2.45, 2.75) is 6.92 Å². The third-order valence-electron chi connectivity index (χ3n) is 4.07. The highest BCUT2D eigenvalue weighted by Gasteiger charge is 2.21. The molecule has 0 aliphatic rings. The summed E-state index contributed by atoms with van der Waals surface area (Å²) < 4.78 is 15.3. The molecule has 0 spiro atoms. The minimum absolute atomic E-state index is 0.0193. The Labute approximate surface area is 188 Å². The standard InChI is InChI=1S/C20H12BrClFN5O3/c1-10-5-11(9-24)6-12(7-14(23)20(30)31)17(10)26-19(29)15-8-16(21)27-28(15)18-13(22)3-2-4-25-18/h2-8H,1H3,(H,26,29)(H,30,31)/b14-7-. The highest BCUT2D eigenvalue weighted by molar-refractivity contribution is 9.10. The number of pyridine rings is 1. The van der Waals surface area contributed by atoms with Gasteiger partial charge in [0.2, 0.25) is 5.83 Å². The van der Waals surface area contributed by atoms with Crippen LogP contribution in [0.15, 0.2) is 47.0 Å². The number of nitrogens with zero attached hydrogens (tertiary/aromatic N) is 4. The van der Waals surface area contributed by atoms with Crippen LogP contribution in [-0.4, -0.2) is 31.7 Å². The lowest BCUT2D eigenvalue weighted by Gasteiger charge is -2.13. The van der Waals surface area contributed by atoms with E-state index in [1.54, 1.807) is 19.1 Å². The van der Waals surface area contributed by atoms with E-state index in [-0.39, 0.29) is 33.3 Å². The summed E-state index contributed by atoms with van der Waals surface area (Å²) in [5, 5.41) is 25.1. The number of aliphatic carboxylic acids is 1. The van der Waals surface area contributed by atoms with E-state index in [0.29, 0.717) is 10.2 Å². The van der Waals surface area contributed by atoms with Gasteiger partial charge in [0.05, 0.1) is 22.3 Å². The molecule has 1 amide bonds. The Bertz CT molecular complexity index is 1280. The number of amides is 1. The van der Waals surface area contributed by atoms with E-state index < -0.39 is 17.7 Å². The number of benzene rings is 1. The summed E-state index contributed by atoms with van der Waals surface area (Å²) in [6, 6.07) is 9.31. The second-order valence-electron chi connectivity index (χ2n) is 6.19. The highest BCUT2D eigenvalue weighted by atomic mass is 79.9. The number of hydrogen-bond acceptors (Lipinski definition) is 5. The van der Waals surface area contributed by atoms with Gasteiger partial charge in [-0.1, -0.05) is 11.6 Å². The van der Waals surface area contributed by atoms with Crippen molar-refractivity contribution in [2.75, 3.05) is 5.32 Å². The molecule has 2 N–H and O–H groups in total. The minimum atomic E-state index is -1.77. The third-order valence-corrected chi connectivity index (χ3v) is 4.75. The van der Waals surface area contributed by atoms with Crippen molar-refractivity contribution in [3.05, 3.63) is 74.4 Å². The first-order valence-corrected chi connectivity index (χ1v) is 9.71. The monoisotopic (exact) mass is 503 g/mol. The van der Waals surface area contributed by atoms with Crippen molar-refractivity contribution in [3.8, 4) is 11.9 Å². The summed E-state index contributed by atoms with van der Waals surface area (Å²) in [5.41, 5.74) is 0.817. The zero-order valence-electron chi connectivity index (χ0n) is 15.7. The van der Waals surface area contributed by atoms with Crippen LogP contribution in [0.25, 0.3) is 11.9 Å². The minimum Gasteiger partial charge on any atom is -0.476 e. The lowest BCUT2D eigenvalue weighted by atomic mass is 10.0. The molecule has 0 bridgehead atoms. The molecule has 8 nitrogen and oxygen atoms in total. The van der Waals surface area contributed by atoms with Gasteiger partial charge >= 0.3 is 5.97 Å². The van der Waals surface area contributed by atoms with Gasteiger partial charge in [0, 0.05) is 17.8 Å². The molecule has 0 aliphatic carbocycles. The molecule has 0 saturated carbocycles. The molecule has 0 saturated heterocycles. The summed E-state index contributed by atoms with van der Waals surface area (Å²) in [5.74, 6) is -3.64. The van der Waals surface area contributed by atoms with Gasteiger partial charge in [0.1, 0.15) is 10.3 Å². The zero-order chi connectivity index (χ0) is 22.7. The molecule has 3 aromatic rings. The van der Waals surface area contributed by atoms with Crippen LogP contribution < -0.4 is 5.32 Å². The summed E-state index contributed by atoms with van der Waals surface area (Å²) in [6.45, 7) is 1.59. The second kappa shape index (κ2) is 9.07. The van der Waals surface area contributed by atoms with Crippen molar-refractivity contribution >= 4 is 51.2 Å². The molecule has 1 aromatic carbocycles. The van der Waals surface area contributed by atoms with Crippen molar-refractivity contribution in [1.29, 1.82) is 5.26 Å². The van der Waals surface area contributed by atoms with Crippen LogP contribution >= 0.6 is 27.5 Å². The van der Waals surface area contributed by atoms with E-state index in [1.807, 2.05) is 6.07 Å². The van der Waals surface area contributed by atoms with Crippen LogP contribution in [0.3, 0.4) is 0 Å². The summed E-state index contributed by atoms with van der Waals surface area (Å²) >= 11 is 9.38. The maximum Gasteiger partial charge on any atom is 0.364 e. The topological polar surface area (TPSA) is 121 Å². The number of carbonyl (C=O) groups is 2. The number of carboxylic acids is 1.